The lowest BCUT2D eigenvalue weighted by Gasteiger charge is -2.20. The summed E-state index contributed by atoms with van der Waals surface area (Å²) in [6, 6.07) is 0.728. The van der Waals surface area contributed by atoms with Gasteiger partial charge in [-0.15, -0.1) is 0 Å². The molecule has 1 N–H and O–H groups in total. The van der Waals surface area contributed by atoms with E-state index in [4.69, 9.17) is 4.74 Å². The summed E-state index contributed by atoms with van der Waals surface area (Å²) in [4.78, 5) is 0. The van der Waals surface area contributed by atoms with E-state index in [9.17, 15) is 0 Å². The third-order valence-electron chi connectivity index (χ3n) is 4.20. The molecular formula is C17H35NO. The van der Waals surface area contributed by atoms with Crippen LogP contribution in [0.3, 0.4) is 0 Å². The molecular weight excluding hydrogens is 234 g/mol. The molecule has 2 unspecified atom stereocenters. The van der Waals surface area contributed by atoms with Crippen LogP contribution in [0.2, 0.25) is 0 Å². The van der Waals surface area contributed by atoms with E-state index < -0.39 is 0 Å². The molecule has 2 nitrogen and oxygen atoms in total. The maximum atomic E-state index is 5.74. The molecule has 1 saturated heterocycles. The standard InChI is InChI=1S/C17H35NO/c1-3-5-6-7-8-10-16(18-14-4-2)12-13-17-11-9-15-19-17/h16-18H,3-15H2,1-2H3. The monoisotopic (exact) mass is 269 g/mol. The van der Waals surface area contributed by atoms with Gasteiger partial charge >= 0.3 is 0 Å². The summed E-state index contributed by atoms with van der Waals surface area (Å²) in [6.07, 6.45) is 15.3. The van der Waals surface area contributed by atoms with Crippen molar-refractivity contribution in [2.45, 2.75) is 96.6 Å². The molecule has 2 heteroatoms. The molecule has 0 aromatic carbocycles. The van der Waals surface area contributed by atoms with Crippen LogP contribution in [0, 0.1) is 0 Å². The fraction of sp³-hybridized carbons (Fsp3) is 1.00. The number of unbranched alkanes of at least 4 members (excludes halogenated alkanes) is 4. The van der Waals surface area contributed by atoms with Crippen LogP contribution in [-0.4, -0.2) is 25.3 Å². The molecule has 1 rings (SSSR count). The zero-order chi connectivity index (χ0) is 13.8. The lowest BCUT2D eigenvalue weighted by atomic mass is 10.00. The average molecular weight is 269 g/mol. The highest BCUT2D eigenvalue weighted by atomic mass is 16.5. The Morgan fingerprint density at radius 1 is 1.05 bits per heavy atom. The van der Waals surface area contributed by atoms with Crippen molar-refractivity contribution in [1.82, 2.24) is 5.32 Å². The van der Waals surface area contributed by atoms with Crippen LogP contribution in [0.5, 0.6) is 0 Å². The summed E-state index contributed by atoms with van der Waals surface area (Å²) in [5.41, 5.74) is 0. The van der Waals surface area contributed by atoms with Gasteiger partial charge in [0.1, 0.15) is 0 Å². The number of nitrogens with one attached hydrogen (secondary N) is 1. The zero-order valence-corrected chi connectivity index (χ0v) is 13.3. The van der Waals surface area contributed by atoms with Crippen molar-refractivity contribution < 1.29 is 4.74 Å². The molecule has 0 aromatic heterocycles. The minimum absolute atomic E-state index is 0.561. The average Bonchev–Trinajstić information content (AvgIpc) is 2.94. The second kappa shape index (κ2) is 11.7. The predicted molar refractivity (Wildman–Crippen MR) is 83.7 cm³/mol. The van der Waals surface area contributed by atoms with Crippen LogP contribution in [0.15, 0.2) is 0 Å². The minimum Gasteiger partial charge on any atom is -0.378 e. The second-order valence-electron chi connectivity index (χ2n) is 6.07. The molecule has 0 saturated carbocycles. The van der Waals surface area contributed by atoms with Gasteiger partial charge in [-0.05, 0) is 45.1 Å². The Kier molecular flexibility index (Phi) is 10.5. The van der Waals surface area contributed by atoms with E-state index >= 15 is 0 Å². The third-order valence-corrected chi connectivity index (χ3v) is 4.20. The largest absolute Gasteiger partial charge is 0.378 e. The smallest absolute Gasteiger partial charge is 0.0576 e. The van der Waals surface area contributed by atoms with Crippen molar-refractivity contribution >= 4 is 0 Å². The molecule has 0 radical (unpaired) electrons. The third kappa shape index (κ3) is 8.65. The van der Waals surface area contributed by atoms with Crippen molar-refractivity contribution in [3.05, 3.63) is 0 Å². The van der Waals surface area contributed by atoms with Gasteiger partial charge in [0.05, 0.1) is 6.10 Å². The molecule has 1 heterocycles. The van der Waals surface area contributed by atoms with E-state index in [0.717, 1.165) is 12.6 Å². The van der Waals surface area contributed by atoms with Gasteiger partial charge in [-0.1, -0.05) is 46.0 Å². The lowest BCUT2D eigenvalue weighted by Crippen LogP contribution is -2.30. The first kappa shape index (κ1) is 17.0. The Morgan fingerprint density at radius 3 is 2.58 bits per heavy atom. The first-order chi connectivity index (χ1) is 9.36. The topological polar surface area (TPSA) is 21.3 Å². The van der Waals surface area contributed by atoms with Gasteiger partial charge in [-0.3, -0.25) is 0 Å². The van der Waals surface area contributed by atoms with Crippen molar-refractivity contribution in [2.24, 2.45) is 0 Å². The van der Waals surface area contributed by atoms with E-state index in [1.165, 1.54) is 77.2 Å². The molecule has 19 heavy (non-hydrogen) atoms. The highest BCUT2D eigenvalue weighted by Gasteiger charge is 2.17. The molecule has 0 spiro atoms. The van der Waals surface area contributed by atoms with Gasteiger partial charge in [-0.25, -0.2) is 0 Å². The van der Waals surface area contributed by atoms with E-state index in [-0.39, 0.29) is 0 Å². The van der Waals surface area contributed by atoms with E-state index in [0.29, 0.717) is 6.10 Å². The van der Waals surface area contributed by atoms with Crippen molar-refractivity contribution in [3.63, 3.8) is 0 Å². The summed E-state index contributed by atoms with van der Waals surface area (Å²) >= 11 is 0. The number of ether oxygens (including phenoxy) is 1. The van der Waals surface area contributed by atoms with Gasteiger partial charge in [0, 0.05) is 12.6 Å². The van der Waals surface area contributed by atoms with Gasteiger partial charge in [0.15, 0.2) is 0 Å². The fourth-order valence-corrected chi connectivity index (χ4v) is 2.95. The molecule has 0 bridgehead atoms. The number of hydrogen-bond donors (Lipinski definition) is 1. The number of hydrogen-bond acceptors (Lipinski definition) is 2. The Labute approximate surface area is 120 Å². The van der Waals surface area contributed by atoms with Gasteiger partial charge in [-0.2, -0.15) is 0 Å². The predicted octanol–water partition coefficient (Wildman–Crippen LogP) is 4.67. The van der Waals surface area contributed by atoms with Crippen LogP contribution >= 0.6 is 0 Å². The first-order valence-electron chi connectivity index (χ1n) is 8.71. The molecule has 1 fully saturated rings. The lowest BCUT2D eigenvalue weighted by molar-refractivity contribution is 0.0991. The maximum absolute atomic E-state index is 5.74. The normalized spacial score (nSPS) is 20.8. The van der Waals surface area contributed by atoms with Crippen molar-refractivity contribution in [2.75, 3.05) is 13.2 Å². The Morgan fingerprint density at radius 2 is 1.89 bits per heavy atom. The van der Waals surface area contributed by atoms with Crippen molar-refractivity contribution in [1.29, 1.82) is 0 Å². The summed E-state index contributed by atoms with van der Waals surface area (Å²) in [5, 5.41) is 3.73. The Hall–Kier alpha value is -0.0800. The van der Waals surface area contributed by atoms with Gasteiger partial charge in [0.2, 0.25) is 0 Å². The van der Waals surface area contributed by atoms with Crippen LogP contribution in [-0.2, 0) is 4.74 Å². The second-order valence-corrected chi connectivity index (χ2v) is 6.07. The molecule has 0 aromatic rings. The first-order valence-corrected chi connectivity index (χ1v) is 8.71. The SMILES string of the molecule is CCCCCCCC(CCC1CCCO1)NCCC. The van der Waals surface area contributed by atoms with Crippen LogP contribution < -0.4 is 5.32 Å². The van der Waals surface area contributed by atoms with Crippen LogP contribution in [0.1, 0.15) is 84.5 Å². The van der Waals surface area contributed by atoms with Gasteiger partial charge in [0.25, 0.3) is 0 Å². The summed E-state index contributed by atoms with van der Waals surface area (Å²) in [5.74, 6) is 0. The zero-order valence-electron chi connectivity index (χ0n) is 13.3. The Balaban J connectivity index is 2.10. The quantitative estimate of drug-likeness (QED) is 0.520. The molecule has 114 valence electrons. The summed E-state index contributed by atoms with van der Waals surface area (Å²) < 4.78 is 5.74. The highest BCUT2D eigenvalue weighted by Crippen LogP contribution is 2.19. The van der Waals surface area contributed by atoms with E-state index in [1.54, 1.807) is 0 Å². The highest BCUT2D eigenvalue weighted by molar-refractivity contribution is 4.72. The van der Waals surface area contributed by atoms with E-state index in [2.05, 4.69) is 19.2 Å². The van der Waals surface area contributed by atoms with Gasteiger partial charge < -0.3 is 10.1 Å². The van der Waals surface area contributed by atoms with E-state index in [1.807, 2.05) is 0 Å². The summed E-state index contributed by atoms with van der Waals surface area (Å²) in [6.45, 7) is 6.71. The molecule has 1 aliphatic heterocycles. The van der Waals surface area contributed by atoms with Crippen LogP contribution in [0.25, 0.3) is 0 Å². The summed E-state index contributed by atoms with van der Waals surface area (Å²) in [7, 11) is 0. The number of rotatable bonds is 12. The Bertz CT molecular complexity index is 190. The maximum Gasteiger partial charge on any atom is 0.0576 e. The van der Waals surface area contributed by atoms with Crippen molar-refractivity contribution in [3.8, 4) is 0 Å². The molecule has 0 aliphatic carbocycles. The minimum atomic E-state index is 0.561. The molecule has 1 aliphatic rings. The molecule has 0 amide bonds. The molecule has 2 atom stereocenters. The van der Waals surface area contributed by atoms with Crippen LogP contribution in [0.4, 0.5) is 0 Å². The fourth-order valence-electron chi connectivity index (χ4n) is 2.95.